The molecule has 1 N–H and O–H groups in total. The fourth-order valence-electron chi connectivity index (χ4n) is 2.42. The Hall–Kier alpha value is -1.72. The van der Waals surface area contributed by atoms with Crippen LogP contribution in [-0.4, -0.2) is 29.8 Å². The predicted molar refractivity (Wildman–Crippen MR) is 89.1 cm³/mol. The molecule has 1 unspecified atom stereocenters. The summed E-state index contributed by atoms with van der Waals surface area (Å²) in [6, 6.07) is 7.49. The molecule has 1 heterocycles. The Morgan fingerprint density at radius 3 is 2.68 bits per heavy atom. The summed E-state index contributed by atoms with van der Waals surface area (Å²) in [6.45, 7) is 8.24. The van der Waals surface area contributed by atoms with Crippen LogP contribution in [0.3, 0.4) is 0 Å². The Bertz CT molecular complexity index is 679. The normalized spacial score (nSPS) is 13.0. The van der Waals surface area contributed by atoms with E-state index >= 15 is 0 Å². The molecule has 0 saturated heterocycles. The van der Waals surface area contributed by atoms with E-state index in [4.69, 9.17) is 9.72 Å². The molecule has 2 aromatic rings. The number of ether oxygens (including phenoxy) is 1. The SMILES string of the molecule is COCCn1c(C(C)NCC(C)C)nc2ccccc2c1=O. The van der Waals surface area contributed by atoms with Crippen LogP contribution in [0.25, 0.3) is 10.9 Å². The minimum Gasteiger partial charge on any atom is -0.383 e. The van der Waals surface area contributed by atoms with Crippen molar-refractivity contribution < 1.29 is 4.74 Å². The van der Waals surface area contributed by atoms with Crippen LogP contribution in [0.2, 0.25) is 0 Å². The van der Waals surface area contributed by atoms with Crippen LogP contribution >= 0.6 is 0 Å². The fraction of sp³-hybridized carbons (Fsp3) is 0.529. The highest BCUT2D eigenvalue weighted by Crippen LogP contribution is 2.14. The Kier molecular flexibility index (Phi) is 5.69. The minimum atomic E-state index is -0.00385. The molecule has 5 nitrogen and oxygen atoms in total. The van der Waals surface area contributed by atoms with Gasteiger partial charge >= 0.3 is 0 Å². The van der Waals surface area contributed by atoms with E-state index in [1.807, 2.05) is 31.2 Å². The summed E-state index contributed by atoms with van der Waals surface area (Å²) < 4.78 is 6.86. The van der Waals surface area contributed by atoms with Gasteiger partial charge in [-0.15, -0.1) is 0 Å². The zero-order valence-corrected chi connectivity index (χ0v) is 13.8. The molecule has 5 heteroatoms. The molecule has 120 valence electrons. The van der Waals surface area contributed by atoms with E-state index in [1.165, 1.54) is 0 Å². The molecule has 22 heavy (non-hydrogen) atoms. The van der Waals surface area contributed by atoms with Gasteiger partial charge in [0, 0.05) is 7.11 Å². The highest BCUT2D eigenvalue weighted by Gasteiger charge is 2.16. The Balaban J connectivity index is 2.47. The lowest BCUT2D eigenvalue weighted by Gasteiger charge is -2.20. The van der Waals surface area contributed by atoms with E-state index in [0.717, 1.165) is 17.9 Å². The maximum absolute atomic E-state index is 12.7. The molecule has 1 aromatic carbocycles. The molecule has 0 aliphatic rings. The number of rotatable bonds is 7. The number of hydrogen-bond donors (Lipinski definition) is 1. The van der Waals surface area contributed by atoms with Gasteiger partial charge in [-0.05, 0) is 31.5 Å². The van der Waals surface area contributed by atoms with Crippen molar-refractivity contribution in [3.63, 3.8) is 0 Å². The number of fused-ring (bicyclic) bond motifs is 1. The van der Waals surface area contributed by atoms with Crippen LogP contribution in [-0.2, 0) is 11.3 Å². The van der Waals surface area contributed by atoms with Gasteiger partial charge in [0.25, 0.3) is 5.56 Å². The molecule has 0 radical (unpaired) electrons. The largest absolute Gasteiger partial charge is 0.383 e. The van der Waals surface area contributed by atoms with Gasteiger partial charge in [-0.25, -0.2) is 4.98 Å². The first-order valence-electron chi connectivity index (χ1n) is 7.76. The van der Waals surface area contributed by atoms with Gasteiger partial charge < -0.3 is 10.1 Å². The molecule has 0 saturated carbocycles. The van der Waals surface area contributed by atoms with Crippen molar-refractivity contribution in [2.75, 3.05) is 20.3 Å². The number of aromatic nitrogens is 2. The van der Waals surface area contributed by atoms with Crippen molar-refractivity contribution in [1.29, 1.82) is 0 Å². The third kappa shape index (κ3) is 3.72. The summed E-state index contributed by atoms with van der Waals surface area (Å²) in [5, 5.41) is 4.10. The second-order valence-corrected chi connectivity index (χ2v) is 5.96. The van der Waals surface area contributed by atoms with Crippen molar-refractivity contribution in [2.24, 2.45) is 5.92 Å². The summed E-state index contributed by atoms with van der Waals surface area (Å²) in [5.41, 5.74) is 0.741. The summed E-state index contributed by atoms with van der Waals surface area (Å²) in [5.74, 6) is 1.31. The van der Waals surface area contributed by atoms with E-state index < -0.39 is 0 Å². The highest BCUT2D eigenvalue weighted by molar-refractivity contribution is 5.77. The van der Waals surface area contributed by atoms with Crippen LogP contribution in [0.4, 0.5) is 0 Å². The van der Waals surface area contributed by atoms with Crippen LogP contribution in [0.1, 0.15) is 32.6 Å². The van der Waals surface area contributed by atoms with Crippen LogP contribution < -0.4 is 10.9 Å². The van der Waals surface area contributed by atoms with Crippen molar-refractivity contribution in [3.8, 4) is 0 Å². The van der Waals surface area contributed by atoms with Gasteiger partial charge in [0.1, 0.15) is 5.82 Å². The lowest BCUT2D eigenvalue weighted by molar-refractivity contribution is 0.184. The monoisotopic (exact) mass is 303 g/mol. The molecule has 0 spiro atoms. The number of nitrogens with one attached hydrogen (secondary N) is 1. The zero-order valence-electron chi connectivity index (χ0n) is 13.8. The van der Waals surface area contributed by atoms with Crippen LogP contribution in [0.5, 0.6) is 0 Å². The van der Waals surface area contributed by atoms with E-state index in [2.05, 4.69) is 19.2 Å². The Morgan fingerprint density at radius 1 is 1.27 bits per heavy atom. The van der Waals surface area contributed by atoms with Crippen LogP contribution in [0, 0.1) is 5.92 Å². The number of hydrogen-bond acceptors (Lipinski definition) is 4. The average Bonchev–Trinajstić information content (AvgIpc) is 2.51. The predicted octanol–water partition coefficient (Wildman–Crippen LogP) is 2.35. The Morgan fingerprint density at radius 2 is 2.00 bits per heavy atom. The number of nitrogens with zero attached hydrogens (tertiary/aromatic N) is 2. The zero-order chi connectivity index (χ0) is 16.1. The van der Waals surface area contributed by atoms with E-state index in [0.29, 0.717) is 24.5 Å². The molecule has 1 atom stereocenters. The molecular formula is C17H25N3O2. The van der Waals surface area contributed by atoms with Crippen molar-refractivity contribution in [3.05, 3.63) is 40.4 Å². The first-order chi connectivity index (χ1) is 10.5. The fourth-order valence-corrected chi connectivity index (χ4v) is 2.42. The maximum Gasteiger partial charge on any atom is 0.261 e. The highest BCUT2D eigenvalue weighted by atomic mass is 16.5. The van der Waals surface area contributed by atoms with E-state index in [9.17, 15) is 4.79 Å². The van der Waals surface area contributed by atoms with E-state index in [1.54, 1.807) is 11.7 Å². The molecule has 0 aliphatic carbocycles. The quantitative estimate of drug-likeness (QED) is 0.853. The maximum atomic E-state index is 12.7. The summed E-state index contributed by atoms with van der Waals surface area (Å²) in [4.78, 5) is 17.4. The third-order valence-electron chi connectivity index (χ3n) is 3.63. The summed E-state index contributed by atoms with van der Waals surface area (Å²) in [6.07, 6.45) is 0. The van der Waals surface area contributed by atoms with Crippen molar-refractivity contribution >= 4 is 10.9 Å². The van der Waals surface area contributed by atoms with Gasteiger partial charge in [0.15, 0.2) is 0 Å². The topological polar surface area (TPSA) is 56.1 Å². The standard InChI is InChI=1S/C17H25N3O2/c1-12(2)11-18-13(3)16-19-15-8-6-5-7-14(15)17(21)20(16)9-10-22-4/h5-8,12-13,18H,9-11H2,1-4H3. The average molecular weight is 303 g/mol. The number of methoxy groups -OCH3 is 1. The van der Waals surface area contributed by atoms with Gasteiger partial charge in [-0.1, -0.05) is 26.0 Å². The van der Waals surface area contributed by atoms with E-state index in [-0.39, 0.29) is 11.6 Å². The molecule has 0 bridgehead atoms. The number of para-hydroxylation sites is 1. The van der Waals surface area contributed by atoms with Gasteiger partial charge in [-0.2, -0.15) is 0 Å². The number of benzene rings is 1. The lowest BCUT2D eigenvalue weighted by atomic mass is 10.2. The molecular weight excluding hydrogens is 278 g/mol. The molecule has 0 amide bonds. The summed E-state index contributed by atoms with van der Waals surface area (Å²) in [7, 11) is 1.64. The second-order valence-electron chi connectivity index (χ2n) is 5.96. The summed E-state index contributed by atoms with van der Waals surface area (Å²) >= 11 is 0. The van der Waals surface area contributed by atoms with Gasteiger partial charge in [-0.3, -0.25) is 9.36 Å². The molecule has 2 rings (SSSR count). The van der Waals surface area contributed by atoms with Crippen molar-refractivity contribution in [2.45, 2.75) is 33.4 Å². The third-order valence-corrected chi connectivity index (χ3v) is 3.63. The van der Waals surface area contributed by atoms with Crippen LogP contribution in [0.15, 0.2) is 29.1 Å². The van der Waals surface area contributed by atoms with Gasteiger partial charge in [0.2, 0.25) is 0 Å². The first-order valence-corrected chi connectivity index (χ1v) is 7.76. The first kappa shape index (κ1) is 16.6. The smallest absolute Gasteiger partial charge is 0.261 e. The second kappa shape index (κ2) is 7.51. The molecule has 1 aromatic heterocycles. The van der Waals surface area contributed by atoms with Crippen molar-refractivity contribution in [1.82, 2.24) is 14.9 Å². The Labute approximate surface area is 131 Å². The lowest BCUT2D eigenvalue weighted by Crippen LogP contribution is -2.33. The van der Waals surface area contributed by atoms with Gasteiger partial charge in [0.05, 0.1) is 30.1 Å². The molecule has 0 aliphatic heterocycles. The minimum absolute atomic E-state index is 0.00385. The molecule has 0 fully saturated rings.